The highest BCUT2D eigenvalue weighted by molar-refractivity contribution is 7.98. The molecule has 1 fully saturated rings. The lowest BCUT2D eigenvalue weighted by molar-refractivity contribution is 0.0746. The van der Waals surface area contributed by atoms with E-state index in [2.05, 4.69) is 11.0 Å². The van der Waals surface area contributed by atoms with Crippen LogP contribution in [-0.4, -0.2) is 49.8 Å². The third-order valence-corrected chi connectivity index (χ3v) is 5.15. The molecule has 0 atom stereocenters. The molecule has 0 aliphatic carbocycles. The van der Waals surface area contributed by atoms with Crippen LogP contribution in [-0.2, 0) is 0 Å². The van der Waals surface area contributed by atoms with Crippen molar-refractivity contribution in [3.8, 4) is 5.75 Å². The molecule has 25 heavy (non-hydrogen) atoms. The summed E-state index contributed by atoms with van der Waals surface area (Å²) in [7, 11) is 0. The normalized spacial score (nSPS) is 14.5. The molecule has 0 aromatic heterocycles. The number of hydrogen-bond acceptors (Lipinski definition) is 4. The zero-order valence-electron chi connectivity index (χ0n) is 14.8. The van der Waals surface area contributed by atoms with Crippen molar-refractivity contribution in [1.82, 2.24) is 4.90 Å². The Bertz CT molecular complexity index is 710. The molecule has 1 heterocycles. The summed E-state index contributed by atoms with van der Waals surface area (Å²) < 4.78 is 5.73. The van der Waals surface area contributed by atoms with E-state index in [1.165, 1.54) is 4.90 Å². The highest BCUT2D eigenvalue weighted by Gasteiger charge is 2.23. The van der Waals surface area contributed by atoms with E-state index in [0.29, 0.717) is 6.61 Å². The van der Waals surface area contributed by atoms with Crippen LogP contribution < -0.4 is 9.64 Å². The lowest BCUT2D eigenvalue weighted by atomic mass is 10.1. The second kappa shape index (κ2) is 8.30. The van der Waals surface area contributed by atoms with Crippen LogP contribution in [0.25, 0.3) is 0 Å². The maximum Gasteiger partial charge on any atom is 0.253 e. The van der Waals surface area contributed by atoms with Crippen LogP contribution in [0.5, 0.6) is 5.75 Å². The smallest absolute Gasteiger partial charge is 0.253 e. The summed E-state index contributed by atoms with van der Waals surface area (Å²) in [5, 5.41) is 0. The Morgan fingerprint density at radius 2 is 1.72 bits per heavy atom. The summed E-state index contributed by atoms with van der Waals surface area (Å²) in [5.41, 5.74) is 1.88. The molecule has 132 valence electrons. The van der Waals surface area contributed by atoms with Gasteiger partial charge >= 0.3 is 0 Å². The van der Waals surface area contributed by atoms with E-state index in [4.69, 9.17) is 4.74 Å². The maximum atomic E-state index is 12.7. The first-order chi connectivity index (χ1) is 12.2. The first-order valence-corrected chi connectivity index (χ1v) is 9.85. The van der Waals surface area contributed by atoms with Gasteiger partial charge in [-0.15, -0.1) is 11.8 Å². The SMILES string of the molecule is CCOc1ccccc1N1CCN(C(=O)c2ccc(SC)cc2)CC1. The summed E-state index contributed by atoms with van der Waals surface area (Å²) >= 11 is 1.68. The lowest BCUT2D eigenvalue weighted by Gasteiger charge is -2.36. The van der Waals surface area contributed by atoms with Gasteiger partial charge in [-0.05, 0) is 49.6 Å². The standard InChI is InChI=1S/C20H24N2O2S/c1-3-24-19-7-5-4-6-18(19)21-12-14-22(15-13-21)20(23)16-8-10-17(25-2)11-9-16/h4-11H,3,12-15H2,1-2H3. The topological polar surface area (TPSA) is 32.8 Å². The molecule has 1 saturated heterocycles. The number of hydrogen-bond donors (Lipinski definition) is 0. The van der Waals surface area contributed by atoms with E-state index in [0.717, 1.165) is 43.2 Å². The minimum Gasteiger partial charge on any atom is -0.492 e. The molecule has 5 heteroatoms. The molecule has 0 saturated carbocycles. The average Bonchev–Trinajstić information content (AvgIpc) is 2.68. The molecule has 2 aromatic rings. The zero-order chi connectivity index (χ0) is 17.6. The Morgan fingerprint density at radius 1 is 1.04 bits per heavy atom. The van der Waals surface area contributed by atoms with Crippen molar-refractivity contribution in [3.63, 3.8) is 0 Å². The maximum absolute atomic E-state index is 12.7. The summed E-state index contributed by atoms with van der Waals surface area (Å²) in [5.74, 6) is 1.03. The number of ether oxygens (including phenoxy) is 1. The van der Waals surface area contributed by atoms with Gasteiger partial charge in [-0.3, -0.25) is 4.79 Å². The Kier molecular flexibility index (Phi) is 5.87. The minimum absolute atomic E-state index is 0.116. The van der Waals surface area contributed by atoms with Crippen molar-refractivity contribution in [3.05, 3.63) is 54.1 Å². The van der Waals surface area contributed by atoms with Crippen LogP contribution in [0.1, 0.15) is 17.3 Å². The highest BCUT2D eigenvalue weighted by Crippen LogP contribution is 2.29. The molecular weight excluding hydrogens is 332 g/mol. The van der Waals surface area contributed by atoms with Gasteiger partial charge in [0.15, 0.2) is 0 Å². The molecule has 0 bridgehead atoms. The number of rotatable bonds is 5. The number of para-hydroxylation sites is 2. The van der Waals surface area contributed by atoms with Crippen LogP contribution in [0.3, 0.4) is 0 Å². The van der Waals surface area contributed by atoms with E-state index in [1.807, 2.05) is 60.5 Å². The number of thioether (sulfide) groups is 1. The van der Waals surface area contributed by atoms with Crippen molar-refractivity contribution < 1.29 is 9.53 Å². The number of amides is 1. The molecule has 1 aliphatic heterocycles. The van der Waals surface area contributed by atoms with Gasteiger partial charge in [0.2, 0.25) is 0 Å². The Morgan fingerprint density at radius 3 is 2.36 bits per heavy atom. The van der Waals surface area contributed by atoms with Gasteiger partial charge in [-0.25, -0.2) is 0 Å². The van der Waals surface area contributed by atoms with Gasteiger partial charge in [-0.1, -0.05) is 12.1 Å². The van der Waals surface area contributed by atoms with Crippen molar-refractivity contribution in [1.29, 1.82) is 0 Å². The zero-order valence-corrected chi connectivity index (χ0v) is 15.6. The fraction of sp³-hybridized carbons (Fsp3) is 0.350. The van der Waals surface area contributed by atoms with Gasteiger partial charge in [0.25, 0.3) is 5.91 Å². The van der Waals surface area contributed by atoms with Crippen molar-refractivity contribution in [2.45, 2.75) is 11.8 Å². The van der Waals surface area contributed by atoms with Gasteiger partial charge in [0.05, 0.1) is 12.3 Å². The van der Waals surface area contributed by atoms with Gasteiger partial charge < -0.3 is 14.5 Å². The third-order valence-electron chi connectivity index (χ3n) is 4.41. The van der Waals surface area contributed by atoms with Crippen LogP contribution >= 0.6 is 11.8 Å². The minimum atomic E-state index is 0.116. The number of carbonyl (C=O) groups is 1. The Hall–Kier alpha value is -2.14. The lowest BCUT2D eigenvalue weighted by Crippen LogP contribution is -2.48. The first-order valence-electron chi connectivity index (χ1n) is 8.63. The predicted molar refractivity (Wildman–Crippen MR) is 104 cm³/mol. The second-order valence-corrected chi connectivity index (χ2v) is 6.79. The Labute approximate surface area is 153 Å². The van der Waals surface area contributed by atoms with Crippen LogP contribution in [0.15, 0.2) is 53.4 Å². The fourth-order valence-electron chi connectivity index (χ4n) is 3.06. The van der Waals surface area contributed by atoms with E-state index >= 15 is 0 Å². The second-order valence-electron chi connectivity index (χ2n) is 5.91. The van der Waals surface area contributed by atoms with E-state index in [-0.39, 0.29) is 5.91 Å². The fourth-order valence-corrected chi connectivity index (χ4v) is 3.47. The summed E-state index contributed by atoms with van der Waals surface area (Å²) in [6, 6.07) is 16.0. The number of benzene rings is 2. The monoisotopic (exact) mass is 356 g/mol. The van der Waals surface area contributed by atoms with E-state index in [9.17, 15) is 4.79 Å². The molecule has 0 N–H and O–H groups in total. The van der Waals surface area contributed by atoms with Gasteiger partial charge in [0.1, 0.15) is 5.75 Å². The first kappa shape index (κ1) is 17.7. The number of nitrogens with zero attached hydrogens (tertiary/aromatic N) is 2. The summed E-state index contributed by atoms with van der Waals surface area (Å²) in [6.45, 7) is 5.74. The molecule has 3 rings (SSSR count). The molecule has 0 unspecified atom stereocenters. The average molecular weight is 356 g/mol. The number of piperazine rings is 1. The van der Waals surface area contributed by atoms with Crippen molar-refractivity contribution in [2.24, 2.45) is 0 Å². The molecule has 4 nitrogen and oxygen atoms in total. The van der Waals surface area contributed by atoms with Crippen molar-refractivity contribution >= 4 is 23.4 Å². The summed E-state index contributed by atoms with van der Waals surface area (Å²) in [6.07, 6.45) is 2.04. The van der Waals surface area contributed by atoms with Gasteiger partial charge in [-0.2, -0.15) is 0 Å². The Balaban J connectivity index is 1.64. The quantitative estimate of drug-likeness (QED) is 0.764. The highest BCUT2D eigenvalue weighted by atomic mass is 32.2. The predicted octanol–water partition coefficient (Wildman–Crippen LogP) is 3.77. The van der Waals surface area contributed by atoms with Crippen LogP contribution in [0.4, 0.5) is 5.69 Å². The number of anilines is 1. The van der Waals surface area contributed by atoms with Crippen LogP contribution in [0.2, 0.25) is 0 Å². The van der Waals surface area contributed by atoms with Crippen molar-refractivity contribution in [2.75, 3.05) is 43.9 Å². The summed E-state index contributed by atoms with van der Waals surface area (Å²) in [4.78, 5) is 18.1. The molecule has 0 spiro atoms. The van der Waals surface area contributed by atoms with Crippen LogP contribution in [0, 0.1) is 0 Å². The van der Waals surface area contributed by atoms with E-state index < -0.39 is 0 Å². The van der Waals surface area contributed by atoms with E-state index in [1.54, 1.807) is 11.8 Å². The largest absolute Gasteiger partial charge is 0.492 e. The molecule has 1 amide bonds. The third kappa shape index (κ3) is 4.10. The molecule has 2 aromatic carbocycles. The van der Waals surface area contributed by atoms with Gasteiger partial charge in [0, 0.05) is 36.6 Å². The molecule has 1 aliphatic rings. The number of carbonyl (C=O) groups excluding carboxylic acids is 1. The molecular formula is C20H24N2O2S. The molecule has 0 radical (unpaired) electrons.